The average molecular weight is 252 g/mol. The van der Waals surface area contributed by atoms with E-state index in [2.05, 4.69) is 23.8 Å². The van der Waals surface area contributed by atoms with Crippen LogP contribution in [-0.2, 0) is 6.42 Å². The van der Waals surface area contributed by atoms with E-state index in [9.17, 15) is 4.79 Å². The summed E-state index contributed by atoms with van der Waals surface area (Å²) in [6.07, 6.45) is 4.94. The highest BCUT2D eigenvalue weighted by molar-refractivity contribution is 6.04. The second-order valence-corrected chi connectivity index (χ2v) is 5.84. The first kappa shape index (κ1) is 12.0. The van der Waals surface area contributed by atoms with Gasteiger partial charge >= 0.3 is 0 Å². The van der Waals surface area contributed by atoms with E-state index in [-0.39, 0.29) is 11.2 Å². The van der Waals surface area contributed by atoms with E-state index in [1.807, 2.05) is 24.3 Å². The van der Waals surface area contributed by atoms with Gasteiger partial charge in [-0.2, -0.15) is 0 Å². The van der Waals surface area contributed by atoms with Crippen molar-refractivity contribution in [3.63, 3.8) is 0 Å². The van der Waals surface area contributed by atoms with Gasteiger partial charge in [-0.3, -0.25) is 14.8 Å². The molecular formula is C16H16N2O. The molecule has 0 radical (unpaired) electrons. The SMILES string of the molecule is CC1(C)CC(=O)c2c(-c3ccccn3)ccnc2C1. The molecule has 2 aromatic heterocycles. The lowest BCUT2D eigenvalue weighted by atomic mass is 9.74. The summed E-state index contributed by atoms with van der Waals surface area (Å²) in [6.45, 7) is 4.23. The monoisotopic (exact) mass is 252 g/mol. The number of aromatic nitrogens is 2. The third kappa shape index (κ3) is 2.16. The number of ketones is 1. The number of carbonyl (C=O) groups is 1. The molecule has 0 spiro atoms. The maximum absolute atomic E-state index is 12.4. The zero-order valence-corrected chi connectivity index (χ0v) is 11.2. The second kappa shape index (κ2) is 4.26. The van der Waals surface area contributed by atoms with Gasteiger partial charge in [0.1, 0.15) is 0 Å². The Balaban J connectivity index is 2.18. The van der Waals surface area contributed by atoms with Gasteiger partial charge in [0.25, 0.3) is 0 Å². The number of pyridine rings is 2. The molecular weight excluding hydrogens is 236 g/mol. The Morgan fingerprint density at radius 3 is 2.63 bits per heavy atom. The van der Waals surface area contributed by atoms with Crippen LogP contribution in [0.25, 0.3) is 11.3 Å². The van der Waals surface area contributed by atoms with Gasteiger partial charge in [-0.05, 0) is 30.0 Å². The van der Waals surface area contributed by atoms with Crippen LogP contribution < -0.4 is 0 Å². The molecule has 0 aliphatic heterocycles. The van der Waals surface area contributed by atoms with E-state index in [4.69, 9.17) is 0 Å². The molecule has 96 valence electrons. The predicted molar refractivity (Wildman–Crippen MR) is 73.9 cm³/mol. The minimum Gasteiger partial charge on any atom is -0.294 e. The average Bonchev–Trinajstić information content (AvgIpc) is 2.37. The Bertz CT molecular complexity index is 632. The first-order valence-corrected chi connectivity index (χ1v) is 6.49. The quantitative estimate of drug-likeness (QED) is 0.782. The van der Waals surface area contributed by atoms with Crippen molar-refractivity contribution >= 4 is 5.78 Å². The van der Waals surface area contributed by atoms with Crippen LogP contribution in [-0.4, -0.2) is 15.8 Å². The highest BCUT2D eigenvalue weighted by Crippen LogP contribution is 2.37. The van der Waals surface area contributed by atoms with Crippen LogP contribution >= 0.6 is 0 Å². The van der Waals surface area contributed by atoms with Crippen LogP contribution in [0.4, 0.5) is 0 Å². The zero-order valence-electron chi connectivity index (χ0n) is 11.2. The molecule has 0 amide bonds. The lowest BCUT2D eigenvalue weighted by molar-refractivity contribution is 0.0911. The van der Waals surface area contributed by atoms with Gasteiger partial charge in [0.2, 0.25) is 0 Å². The standard InChI is InChI=1S/C16H16N2O/c1-16(2)9-13-15(14(19)10-16)11(6-8-18-13)12-5-3-4-7-17-12/h3-8H,9-10H2,1-2H3. The first-order valence-electron chi connectivity index (χ1n) is 6.49. The number of hydrogen-bond acceptors (Lipinski definition) is 3. The van der Waals surface area contributed by atoms with Gasteiger partial charge < -0.3 is 0 Å². The largest absolute Gasteiger partial charge is 0.294 e. The maximum atomic E-state index is 12.4. The number of nitrogens with zero attached hydrogens (tertiary/aromatic N) is 2. The summed E-state index contributed by atoms with van der Waals surface area (Å²) in [4.78, 5) is 21.2. The number of Topliss-reactive ketones (excluding diaryl/α,β-unsaturated/α-hetero) is 1. The van der Waals surface area contributed by atoms with Gasteiger partial charge in [-0.15, -0.1) is 0 Å². The molecule has 3 nitrogen and oxygen atoms in total. The number of fused-ring (bicyclic) bond motifs is 1. The molecule has 1 aliphatic carbocycles. The highest BCUT2D eigenvalue weighted by atomic mass is 16.1. The van der Waals surface area contributed by atoms with E-state index in [1.165, 1.54) is 0 Å². The Kier molecular flexibility index (Phi) is 2.70. The smallest absolute Gasteiger partial charge is 0.165 e. The van der Waals surface area contributed by atoms with Crippen molar-refractivity contribution in [1.82, 2.24) is 9.97 Å². The first-order chi connectivity index (χ1) is 9.07. The molecule has 3 rings (SSSR count). The predicted octanol–water partition coefficient (Wildman–Crippen LogP) is 3.30. The van der Waals surface area contributed by atoms with Crippen LogP contribution in [0.15, 0.2) is 36.7 Å². The molecule has 0 aromatic carbocycles. The van der Waals surface area contributed by atoms with E-state index in [1.54, 1.807) is 12.4 Å². The number of hydrogen-bond donors (Lipinski definition) is 0. The molecule has 3 heteroatoms. The molecule has 1 aliphatic rings. The summed E-state index contributed by atoms with van der Waals surface area (Å²) in [6, 6.07) is 7.63. The van der Waals surface area contributed by atoms with E-state index in [0.717, 1.165) is 28.9 Å². The summed E-state index contributed by atoms with van der Waals surface area (Å²) in [7, 11) is 0. The summed E-state index contributed by atoms with van der Waals surface area (Å²) in [5.41, 5.74) is 3.42. The molecule has 0 saturated carbocycles. The molecule has 0 saturated heterocycles. The topological polar surface area (TPSA) is 42.9 Å². The number of rotatable bonds is 1. The van der Waals surface area contributed by atoms with Gasteiger partial charge in [-0.25, -0.2) is 0 Å². The Morgan fingerprint density at radius 1 is 1.05 bits per heavy atom. The summed E-state index contributed by atoms with van der Waals surface area (Å²) in [5.74, 6) is 0.181. The van der Waals surface area contributed by atoms with Crippen molar-refractivity contribution in [3.05, 3.63) is 47.9 Å². The highest BCUT2D eigenvalue weighted by Gasteiger charge is 2.33. The normalized spacial score (nSPS) is 17.1. The third-order valence-corrected chi connectivity index (χ3v) is 3.53. The van der Waals surface area contributed by atoms with Gasteiger partial charge in [-0.1, -0.05) is 19.9 Å². The van der Waals surface area contributed by atoms with Crippen LogP contribution in [0.3, 0.4) is 0 Å². The molecule has 0 N–H and O–H groups in total. The van der Waals surface area contributed by atoms with E-state index < -0.39 is 0 Å². The zero-order chi connectivity index (χ0) is 13.5. The lowest BCUT2D eigenvalue weighted by Gasteiger charge is -2.30. The molecule has 0 unspecified atom stereocenters. The van der Waals surface area contributed by atoms with Crippen molar-refractivity contribution in [2.45, 2.75) is 26.7 Å². The van der Waals surface area contributed by atoms with Crippen molar-refractivity contribution < 1.29 is 4.79 Å². The van der Waals surface area contributed by atoms with Crippen LogP contribution in [0.2, 0.25) is 0 Å². The summed E-state index contributed by atoms with van der Waals surface area (Å²) in [5, 5.41) is 0. The lowest BCUT2D eigenvalue weighted by Crippen LogP contribution is -2.28. The second-order valence-electron chi connectivity index (χ2n) is 5.84. The number of carbonyl (C=O) groups excluding carboxylic acids is 1. The minimum absolute atomic E-state index is 0.000176. The van der Waals surface area contributed by atoms with Gasteiger partial charge in [0, 0.05) is 29.9 Å². The van der Waals surface area contributed by atoms with Crippen LogP contribution in [0.1, 0.15) is 36.3 Å². The summed E-state index contributed by atoms with van der Waals surface area (Å²) < 4.78 is 0. The third-order valence-electron chi connectivity index (χ3n) is 3.53. The van der Waals surface area contributed by atoms with Gasteiger partial charge in [0.15, 0.2) is 5.78 Å². The summed E-state index contributed by atoms with van der Waals surface area (Å²) >= 11 is 0. The Morgan fingerprint density at radius 2 is 1.89 bits per heavy atom. The van der Waals surface area contributed by atoms with Crippen LogP contribution in [0, 0.1) is 5.41 Å². The molecule has 0 bridgehead atoms. The fourth-order valence-electron chi connectivity index (χ4n) is 2.72. The van der Waals surface area contributed by atoms with Crippen molar-refractivity contribution in [3.8, 4) is 11.3 Å². The van der Waals surface area contributed by atoms with Crippen LogP contribution in [0.5, 0.6) is 0 Å². The Labute approximate surface area is 112 Å². The molecule has 2 aromatic rings. The molecule has 0 fully saturated rings. The maximum Gasteiger partial charge on any atom is 0.165 e. The van der Waals surface area contributed by atoms with Crippen molar-refractivity contribution in [2.24, 2.45) is 5.41 Å². The molecule has 2 heterocycles. The fourth-order valence-corrected chi connectivity index (χ4v) is 2.72. The minimum atomic E-state index is -0.000176. The molecule has 0 atom stereocenters. The van der Waals surface area contributed by atoms with E-state index >= 15 is 0 Å². The Hall–Kier alpha value is -2.03. The van der Waals surface area contributed by atoms with Crippen molar-refractivity contribution in [2.75, 3.05) is 0 Å². The fraction of sp³-hybridized carbons (Fsp3) is 0.312. The van der Waals surface area contributed by atoms with Crippen molar-refractivity contribution in [1.29, 1.82) is 0 Å². The van der Waals surface area contributed by atoms with E-state index in [0.29, 0.717) is 6.42 Å². The van der Waals surface area contributed by atoms with Gasteiger partial charge in [0.05, 0.1) is 11.4 Å². The molecule has 19 heavy (non-hydrogen) atoms.